The molecule has 0 aromatic heterocycles. The summed E-state index contributed by atoms with van der Waals surface area (Å²) in [5, 5.41) is 0. The Morgan fingerprint density at radius 3 is 2.29 bits per heavy atom. The zero-order valence-electron chi connectivity index (χ0n) is 15.7. The first kappa shape index (κ1) is 19.8. The van der Waals surface area contributed by atoms with Gasteiger partial charge in [-0.3, -0.25) is 9.59 Å². The highest BCUT2D eigenvalue weighted by atomic mass is 19.1. The Morgan fingerprint density at radius 2 is 1.57 bits per heavy atom. The van der Waals surface area contributed by atoms with Crippen molar-refractivity contribution in [3.8, 4) is 5.75 Å². The summed E-state index contributed by atoms with van der Waals surface area (Å²) in [6.07, 6.45) is 0.672. The lowest BCUT2D eigenvalue weighted by Gasteiger charge is -2.22. The van der Waals surface area contributed by atoms with Gasteiger partial charge in [-0.15, -0.1) is 0 Å². The van der Waals surface area contributed by atoms with Crippen molar-refractivity contribution in [3.63, 3.8) is 0 Å². The lowest BCUT2D eigenvalue weighted by Crippen LogP contribution is -2.38. The molecular weight excluding hydrogens is 366 g/mol. The normalized spacial score (nSPS) is 14.5. The molecule has 2 aromatic rings. The largest absolute Gasteiger partial charge is 0.496 e. The number of hydrogen-bond acceptors (Lipinski definition) is 3. The molecule has 0 aliphatic carbocycles. The van der Waals surface area contributed by atoms with Crippen molar-refractivity contribution in [1.82, 2.24) is 9.80 Å². The number of methoxy groups -OCH3 is 1. The molecule has 1 saturated heterocycles. The van der Waals surface area contributed by atoms with Gasteiger partial charge in [-0.2, -0.15) is 0 Å². The van der Waals surface area contributed by atoms with Crippen LogP contribution in [0.1, 0.15) is 22.3 Å². The molecule has 0 unspecified atom stereocenters. The molecule has 0 saturated carbocycles. The average molecular weight is 388 g/mol. The van der Waals surface area contributed by atoms with E-state index < -0.39 is 11.6 Å². The van der Waals surface area contributed by atoms with Crippen LogP contribution in [0.3, 0.4) is 0 Å². The van der Waals surface area contributed by atoms with Gasteiger partial charge in [0.05, 0.1) is 13.5 Å². The monoisotopic (exact) mass is 388 g/mol. The zero-order valence-corrected chi connectivity index (χ0v) is 15.7. The molecule has 0 spiro atoms. The van der Waals surface area contributed by atoms with Gasteiger partial charge in [0.2, 0.25) is 5.91 Å². The first-order chi connectivity index (χ1) is 13.5. The topological polar surface area (TPSA) is 49.9 Å². The van der Waals surface area contributed by atoms with E-state index in [0.29, 0.717) is 49.5 Å². The minimum Gasteiger partial charge on any atom is -0.496 e. The third-order valence-electron chi connectivity index (χ3n) is 4.81. The quantitative estimate of drug-likeness (QED) is 0.809. The SMILES string of the molecule is COc1ccc(F)cc1CC(=O)N1CCCN(C(=O)c2ccc(F)cc2)CC1. The Bertz CT molecular complexity index is 855. The van der Waals surface area contributed by atoms with Crippen LogP contribution in [0.5, 0.6) is 5.75 Å². The molecule has 1 fully saturated rings. The molecular formula is C21H22F2N2O3. The van der Waals surface area contributed by atoms with E-state index >= 15 is 0 Å². The molecule has 1 heterocycles. The van der Waals surface area contributed by atoms with Crippen molar-refractivity contribution in [2.45, 2.75) is 12.8 Å². The first-order valence-electron chi connectivity index (χ1n) is 9.13. The average Bonchev–Trinajstić information content (AvgIpc) is 2.94. The molecule has 0 atom stereocenters. The number of carbonyl (C=O) groups excluding carboxylic acids is 2. The maximum atomic E-state index is 13.5. The van der Waals surface area contributed by atoms with Crippen LogP contribution in [-0.4, -0.2) is 54.9 Å². The minimum absolute atomic E-state index is 0.0346. The maximum Gasteiger partial charge on any atom is 0.253 e. The van der Waals surface area contributed by atoms with Gasteiger partial charge in [0.1, 0.15) is 17.4 Å². The molecule has 28 heavy (non-hydrogen) atoms. The third kappa shape index (κ3) is 4.65. The predicted octanol–water partition coefficient (Wildman–Crippen LogP) is 2.89. The molecule has 7 heteroatoms. The number of halogens is 2. The number of ether oxygens (including phenoxy) is 1. The van der Waals surface area contributed by atoms with Crippen LogP contribution in [0.2, 0.25) is 0 Å². The van der Waals surface area contributed by atoms with Crippen molar-refractivity contribution in [2.75, 3.05) is 33.3 Å². The van der Waals surface area contributed by atoms with Gasteiger partial charge >= 0.3 is 0 Å². The first-order valence-corrected chi connectivity index (χ1v) is 9.13. The van der Waals surface area contributed by atoms with Gasteiger partial charge < -0.3 is 14.5 Å². The van der Waals surface area contributed by atoms with Gasteiger partial charge in [0.15, 0.2) is 0 Å². The van der Waals surface area contributed by atoms with Crippen molar-refractivity contribution in [3.05, 3.63) is 65.2 Å². The second-order valence-corrected chi connectivity index (χ2v) is 6.67. The van der Waals surface area contributed by atoms with Crippen LogP contribution < -0.4 is 4.74 Å². The molecule has 0 N–H and O–H groups in total. The number of rotatable bonds is 4. The summed E-state index contributed by atoms with van der Waals surface area (Å²) in [6, 6.07) is 9.53. The minimum atomic E-state index is -0.421. The summed E-state index contributed by atoms with van der Waals surface area (Å²) in [6.45, 7) is 1.82. The van der Waals surface area contributed by atoms with Crippen LogP contribution in [0.4, 0.5) is 8.78 Å². The van der Waals surface area contributed by atoms with E-state index in [-0.39, 0.29) is 18.2 Å². The van der Waals surface area contributed by atoms with Crippen molar-refractivity contribution in [2.24, 2.45) is 0 Å². The summed E-state index contributed by atoms with van der Waals surface area (Å²) >= 11 is 0. The Labute approximate surface area is 162 Å². The lowest BCUT2D eigenvalue weighted by molar-refractivity contribution is -0.130. The molecule has 0 bridgehead atoms. The highest BCUT2D eigenvalue weighted by Crippen LogP contribution is 2.21. The van der Waals surface area contributed by atoms with Gasteiger partial charge in [-0.1, -0.05) is 0 Å². The van der Waals surface area contributed by atoms with E-state index in [1.807, 2.05) is 0 Å². The van der Waals surface area contributed by atoms with E-state index in [9.17, 15) is 18.4 Å². The van der Waals surface area contributed by atoms with E-state index in [4.69, 9.17) is 4.74 Å². The van der Waals surface area contributed by atoms with Crippen LogP contribution in [0.15, 0.2) is 42.5 Å². The van der Waals surface area contributed by atoms with Gasteiger partial charge in [0.25, 0.3) is 5.91 Å². The van der Waals surface area contributed by atoms with Crippen molar-refractivity contribution in [1.29, 1.82) is 0 Å². The van der Waals surface area contributed by atoms with Crippen LogP contribution in [0.25, 0.3) is 0 Å². The summed E-state index contributed by atoms with van der Waals surface area (Å²) < 4.78 is 31.8. The molecule has 0 radical (unpaired) electrons. The lowest BCUT2D eigenvalue weighted by atomic mass is 10.1. The summed E-state index contributed by atoms with van der Waals surface area (Å²) in [5.74, 6) is -0.661. The second kappa shape index (κ2) is 8.82. The second-order valence-electron chi connectivity index (χ2n) is 6.67. The number of carbonyl (C=O) groups is 2. The third-order valence-corrected chi connectivity index (χ3v) is 4.81. The molecule has 2 aromatic carbocycles. The molecule has 1 aliphatic rings. The Hall–Kier alpha value is -2.96. The summed E-state index contributed by atoms with van der Waals surface area (Å²) in [7, 11) is 1.48. The molecule has 1 aliphatic heterocycles. The van der Waals surface area contributed by atoms with Crippen LogP contribution >= 0.6 is 0 Å². The summed E-state index contributed by atoms with van der Waals surface area (Å²) in [4.78, 5) is 28.6. The number of nitrogens with zero attached hydrogens (tertiary/aromatic N) is 2. The van der Waals surface area contributed by atoms with E-state index in [0.717, 1.165) is 0 Å². The molecule has 3 rings (SSSR count). The predicted molar refractivity (Wildman–Crippen MR) is 100 cm³/mol. The Balaban J connectivity index is 1.63. The van der Waals surface area contributed by atoms with Crippen molar-refractivity contribution < 1.29 is 23.1 Å². The zero-order chi connectivity index (χ0) is 20.1. The van der Waals surface area contributed by atoms with Gasteiger partial charge in [0, 0.05) is 37.3 Å². The fraction of sp³-hybridized carbons (Fsp3) is 0.333. The summed E-state index contributed by atoms with van der Waals surface area (Å²) in [5.41, 5.74) is 0.918. The van der Waals surface area contributed by atoms with Crippen LogP contribution in [0, 0.1) is 11.6 Å². The Kier molecular flexibility index (Phi) is 6.23. The molecule has 148 valence electrons. The van der Waals surface area contributed by atoms with E-state index in [1.54, 1.807) is 9.80 Å². The molecule has 2 amide bonds. The maximum absolute atomic E-state index is 13.5. The van der Waals surface area contributed by atoms with E-state index in [2.05, 4.69) is 0 Å². The fourth-order valence-corrected chi connectivity index (χ4v) is 3.31. The number of hydrogen-bond donors (Lipinski definition) is 0. The highest BCUT2D eigenvalue weighted by molar-refractivity contribution is 5.94. The smallest absolute Gasteiger partial charge is 0.253 e. The van der Waals surface area contributed by atoms with E-state index in [1.165, 1.54) is 49.6 Å². The number of amides is 2. The standard InChI is InChI=1S/C21H22F2N2O3/c1-28-19-8-7-18(23)13-16(19)14-20(26)24-9-2-10-25(12-11-24)21(27)15-3-5-17(22)6-4-15/h3-8,13H,2,9-12,14H2,1H3. The molecule has 5 nitrogen and oxygen atoms in total. The highest BCUT2D eigenvalue weighted by Gasteiger charge is 2.23. The number of benzene rings is 2. The van der Waals surface area contributed by atoms with Crippen LogP contribution in [-0.2, 0) is 11.2 Å². The van der Waals surface area contributed by atoms with Gasteiger partial charge in [-0.05, 0) is 48.9 Å². The Morgan fingerprint density at radius 1 is 0.929 bits per heavy atom. The van der Waals surface area contributed by atoms with Crippen molar-refractivity contribution >= 4 is 11.8 Å². The fourth-order valence-electron chi connectivity index (χ4n) is 3.31. The van der Waals surface area contributed by atoms with Gasteiger partial charge in [-0.25, -0.2) is 8.78 Å².